The second-order valence-corrected chi connectivity index (χ2v) is 11.8. The minimum Gasteiger partial charge on any atom is -0.382 e. The lowest BCUT2D eigenvalue weighted by molar-refractivity contribution is -0.130. The van der Waals surface area contributed by atoms with Crippen LogP contribution in [0.4, 0.5) is 18.9 Å². The van der Waals surface area contributed by atoms with Gasteiger partial charge in [-0.25, -0.2) is 21.6 Å². The van der Waals surface area contributed by atoms with Crippen molar-refractivity contribution >= 4 is 39.3 Å². The van der Waals surface area contributed by atoms with Crippen LogP contribution < -0.4 is 5.32 Å². The molecule has 180 valence electrons. The fraction of sp³-hybridized carbons (Fsp3) is 0.391. The van der Waals surface area contributed by atoms with Crippen LogP contribution in [0.25, 0.3) is 0 Å². The molecule has 0 heterocycles. The van der Waals surface area contributed by atoms with E-state index in [1.807, 2.05) is 0 Å². The Labute approximate surface area is 198 Å². The second-order valence-electron chi connectivity index (χ2n) is 9.28. The number of rotatable bonds is 5. The summed E-state index contributed by atoms with van der Waals surface area (Å²) in [6.07, 6.45) is 1.86. The zero-order chi connectivity index (χ0) is 24.6. The van der Waals surface area contributed by atoms with Gasteiger partial charge in [0.1, 0.15) is 5.60 Å². The van der Waals surface area contributed by atoms with E-state index in [1.165, 1.54) is 12.1 Å². The van der Waals surface area contributed by atoms with Gasteiger partial charge >= 0.3 is 0 Å². The van der Waals surface area contributed by atoms with E-state index in [9.17, 15) is 36.3 Å². The number of fused-ring (bicyclic) bond motifs is 2. The Morgan fingerprint density at radius 1 is 1.15 bits per heavy atom. The molecule has 2 bridgehead atoms. The van der Waals surface area contributed by atoms with E-state index < -0.39 is 55.9 Å². The molecule has 0 radical (unpaired) electrons. The highest BCUT2D eigenvalue weighted by atomic mass is 35.5. The van der Waals surface area contributed by atoms with E-state index in [4.69, 9.17) is 11.6 Å². The van der Waals surface area contributed by atoms with Gasteiger partial charge in [-0.05, 0) is 55.2 Å². The number of carbonyl (C=O) groups is 2. The van der Waals surface area contributed by atoms with Crippen LogP contribution in [-0.4, -0.2) is 36.6 Å². The maximum atomic E-state index is 13.7. The first-order chi connectivity index (χ1) is 16.0. The topological polar surface area (TPSA) is 101 Å². The molecule has 0 aliphatic heterocycles. The smallest absolute Gasteiger partial charge is 0.255 e. The molecule has 34 heavy (non-hydrogen) atoms. The number of amides is 1. The summed E-state index contributed by atoms with van der Waals surface area (Å²) in [4.78, 5) is 23.9. The molecule has 0 saturated heterocycles. The number of sulfone groups is 1. The van der Waals surface area contributed by atoms with Gasteiger partial charge in [0.25, 0.3) is 5.91 Å². The van der Waals surface area contributed by atoms with Gasteiger partial charge < -0.3 is 15.2 Å². The van der Waals surface area contributed by atoms with Crippen LogP contribution in [0.2, 0.25) is 5.02 Å². The lowest BCUT2D eigenvalue weighted by Crippen LogP contribution is -2.47. The van der Waals surface area contributed by atoms with Gasteiger partial charge in [-0.2, -0.15) is 0 Å². The van der Waals surface area contributed by atoms with E-state index in [2.05, 4.69) is 5.32 Å². The Hall–Kier alpha value is -2.43. The first-order valence-corrected chi connectivity index (χ1v) is 12.6. The number of halogens is 4. The Balaban J connectivity index is 1.45. The van der Waals surface area contributed by atoms with E-state index in [0.717, 1.165) is 12.5 Å². The summed E-state index contributed by atoms with van der Waals surface area (Å²) in [5.74, 6) is -6.82. The molecule has 4 unspecified atom stereocenters. The van der Waals surface area contributed by atoms with Gasteiger partial charge in [0.15, 0.2) is 33.6 Å². The highest BCUT2D eigenvalue weighted by molar-refractivity contribution is 7.92. The zero-order valence-electron chi connectivity index (χ0n) is 17.5. The fourth-order valence-corrected chi connectivity index (χ4v) is 8.90. The van der Waals surface area contributed by atoms with E-state index in [1.54, 1.807) is 0 Å². The van der Waals surface area contributed by atoms with Crippen molar-refractivity contribution in [3.8, 4) is 0 Å². The molecular formula is C23H19ClF3NO5S. The summed E-state index contributed by atoms with van der Waals surface area (Å²) in [7, 11) is -4.05. The van der Waals surface area contributed by atoms with Crippen LogP contribution in [0, 0.1) is 41.1 Å². The molecule has 2 aromatic carbocycles. The molecule has 11 heteroatoms. The molecule has 0 spiro atoms. The largest absolute Gasteiger partial charge is 0.382 e. The summed E-state index contributed by atoms with van der Waals surface area (Å²) in [6.45, 7) is 0. The Kier molecular flexibility index (Phi) is 5.34. The second kappa shape index (κ2) is 7.79. The number of anilines is 1. The zero-order valence-corrected chi connectivity index (χ0v) is 19.0. The van der Waals surface area contributed by atoms with Crippen molar-refractivity contribution in [2.45, 2.75) is 35.0 Å². The number of hydrogen-bond donors (Lipinski definition) is 2. The third-order valence-electron chi connectivity index (χ3n) is 7.41. The Bertz CT molecular complexity index is 1310. The number of aldehydes is 1. The summed E-state index contributed by atoms with van der Waals surface area (Å²) in [6, 6.07) is 4.79. The molecule has 3 aliphatic rings. The summed E-state index contributed by atoms with van der Waals surface area (Å²) >= 11 is 6.21. The Morgan fingerprint density at radius 2 is 1.82 bits per heavy atom. The molecule has 3 aliphatic carbocycles. The molecule has 2 N–H and O–H groups in total. The fourth-order valence-electron chi connectivity index (χ4n) is 6.01. The summed E-state index contributed by atoms with van der Waals surface area (Å²) < 4.78 is 67.4. The third kappa shape index (κ3) is 3.46. The lowest BCUT2D eigenvalue weighted by atomic mass is 9.77. The highest BCUT2D eigenvalue weighted by Crippen LogP contribution is 2.68. The molecule has 6 atom stereocenters. The van der Waals surface area contributed by atoms with Crippen LogP contribution in [0.3, 0.4) is 0 Å². The highest BCUT2D eigenvalue weighted by Gasteiger charge is 2.72. The van der Waals surface area contributed by atoms with Gasteiger partial charge in [-0.3, -0.25) is 4.79 Å². The number of benzene rings is 2. The molecule has 6 nitrogen and oxygen atoms in total. The van der Waals surface area contributed by atoms with Crippen LogP contribution in [0.5, 0.6) is 0 Å². The number of nitrogens with one attached hydrogen (secondary N) is 1. The van der Waals surface area contributed by atoms with Gasteiger partial charge in [0.2, 0.25) is 0 Å². The van der Waals surface area contributed by atoms with Crippen molar-refractivity contribution in [2.75, 3.05) is 5.32 Å². The van der Waals surface area contributed by atoms with Crippen molar-refractivity contribution in [1.29, 1.82) is 0 Å². The van der Waals surface area contributed by atoms with Crippen molar-refractivity contribution in [2.24, 2.45) is 23.7 Å². The van der Waals surface area contributed by atoms with Gasteiger partial charge in [-0.1, -0.05) is 11.6 Å². The molecule has 5 rings (SSSR count). The third-order valence-corrected chi connectivity index (χ3v) is 10.2. The predicted octanol–water partition coefficient (Wildman–Crippen LogP) is 3.76. The summed E-state index contributed by atoms with van der Waals surface area (Å²) in [5.41, 5.74) is -2.00. The predicted molar refractivity (Wildman–Crippen MR) is 116 cm³/mol. The van der Waals surface area contributed by atoms with Gasteiger partial charge in [-0.15, -0.1) is 0 Å². The maximum Gasteiger partial charge on any atom is 0.255 e. The maximum absolute atomic E-state index is 13.7. The standard InChI is InChI=1S/C23H19ClF3NO5S/c24-14-4-2-10(22(30)28-12-6-15(25)20(27)16(26)7-12)5-17(14)34(32,33)21-11-1-3-13-18(21)19(13)23(31,8-11)9-29/h2,4-7,9,11,13,18-19,21,31H,1,3,8H2,(H,28,30)/t11?,13?,18?,19?,21-,23+/m0/s1. The molecule has 1 amide bonds. The first kappa shape index (κ1) is 23.3. The molecule has 3 fully saturated rings. The number of hydrogen-bond acceptors (Lipinski definition) is 5. The normalized spacial score (nSPS) is 31.6. The van der Waals surface area contributed by atoms with E-state index in [-0.39, 0.29) is 39.4 Å². The molecule has 0 aromatic heterocycles. The number of carbonyl (C=O) groups excluding carboxylic acids is 2. The van der Waals surface area contributed by atoms with Crippen LogP contribution in [0.1, 0.15) is 29.6 Å². The Morgan fingerprint density at radius 3 is 2.47 bits per heavy atom. The van der Waals surface area contributed by atoms with E-state index >= 15 is 0 Å². The lowest BCUT2D eigenvalue weighted by Gasteiger charge is -2.38. The van der Waals surface area contributed by atoms with Crippen LogP contribution in [0.15, 0.2) is 35.2 Å². The average molecular weight is 514 g/mol. The van der Waals surface area contributed by atoms with Crippen molar-refractivity contribution in [3.63, 3.8) is 0 Å². The molecule has 3 saturated carbocycles. The quantitative estimate of drug-likeness (QED) is 0.468. The van der Waals surface area contributed by atoms with Gasteiger partial charge in [0.05, 0.1) is 15.2 Å². The number of aliphatic hydroxyl groups is 1. The van der Waals surface area contributed by atoms with E-state index in [0.29, 0.717) is 24.8 Å². The molecular weight excluding hydrogens is 495 g/mol. The monoisotopic (exact) mass is 513 g/mol. The minimum absolute atomic E-state index is 0.0531. The molecule has 2 aromatic rings. The average Bonchev–Trinajstić information content (AvgIpc) is 3.55. The first-order valence-electron chi connectivity index (χ1n) is 10.7. The SMILES string of the molecule is O=C[C@]1(O)CC2CCC3C(C31)[C@H]2S(=O)(=O)c1cc(C(=O)Nc2cc(F)c(F)c(F)c2)ccc1Cl. The van der Waals surface area contributed by atoms with Crippen LogP contribution >= 0.6 is 11.6 Å². The van der Waals surface area contributed by atoms with Crippen LogP contribution in [-0.2, 0) is 14.6 Å². The van der Waals surface area contributed by atoms with Crippen molar-refractivity contribution < 1.29 is 36.3 Å². The van der Waals surface area contributed by atoms with Crippen molar-refractivity contribution in [1.82, 2.24) is 0 Å². The minimum atomic E-state index is -4.05. The van der Waals surface area contributed by atoms with Gasteiger partial charge in [0, 0.05) is 29.3 Å². The van der Waals surface area contributed by atoms with Crippen molar-refractivity contribution in [3.05, 3.63) is 58.4 Å². The summed E-state index contributed by atoms with van der Waals surface area (Å²) in [5, 5.41) is 11.9.